The van der Waals surface area contributed by atoms with Gasteiger partial charge in [0.15, 0.2) is 5.79 Å². The highest BCUT2D eigenvalue weighted by atomic mass is 35.5. The Kier molecular flexibility index (Phi) is 3.61. The summed E-state index contributed by atoms with van der Waals surface area (Å²) in [6.45, 7) is 7.83. The lowest BCUT2D eigenvalue weighted by Gasteiger charge is -2.41. The van der Waals surface area contributed by atoms with Crippen LogP contribution in [-0.4, -0.2) is 24.9 Å². The molecule has 0 aromatic carbocycles. The van der Waals surface area contributed by atoms with Crippen LogP contribution in [0.15, 0.2) is 0 Å². The summed E-state index contributed by atoms with van der Waals surface area (Å²) in [5, 5.41) is 0. The van der Waals surface area contributed by atoms with Crippen molar-refractivity contribution in [2.24, 2.45) is 5.41 Å². The lowest BCUT2D eigenvalue weighted by atomic mass is 9.94. The number of ether oxygens (including phenoxy) is 2. The topological polar surface area (TPSA) is 18.5 Å². The van der Waals surface area contributed by atoms with Crippen molar-refractivity contribution in [3.63, 3.8) is 0 Å². The highest BCUT2D eigenvalue weighted by Crippen LogP contribution is 2.31. The van der Waals surface area contributed by atoms with E-state index in [-0.39, 0.29) is 5.41 Å². The molecule has 0 radical (unpaired) electrons. The van der Waals surface area contributed by atoms with E-state index < -0.39 is 5.79 Å². The molecule has 1 rings (SSSR count). The van der Waals surface area contributed by atoms with Crippen molar-refractivity contribution in [2.75, 3.05) is 19.1 Å². The van der Waals surface area contributed by atoms with Crippen molar-refractivity contribution < 1.29 is 9.47 Å². The van der Waals surface area contributed by atoms with Gasteiger partial charge in [0.05, 0.1) is 13.2 Å². The summed E-state index contributed by atoms with van der Waals surface area (Å²) in [4.78, 5) is 0. The molecule has 0 N–H and O–H groups in total. The quantitative estimate of drug-likeness (QED) is 0.662. The summed E-state index contributed by atoms with van der Waals surface area (Å²) in [6.07, 6.45) is 1.82. The van der Waals surface area contributed by atoms with Crippen LogP contribution in [0.25, 0.3) is 0 Å². The maximum Gasteiger partial charge on any atom is 0.165 e. The summed E-state index contributed by atoms with van der Waals surface area (Å²) in [5.41, 5.74) is 0.153. The second-order valence-corrected chi connectivity index (χ2v) is 5.05. The number of halogens is 1. The SMILES string of the molecule is CC1(C)COC(C)(CCCCl)OC1. The first-order valence-corrected chi connectivity index (χ1v) is 5.35. The molecule has 13 heavy (non-hydrogen) atoms. The van der Waals surface area contributed by atoms with E-state index in [0.717, 1.165) is 26.1 Å². The van der Waals surface area contributed by atoms with Crippen molar-refractivity contribution in [3.8, 4) is 0 Å². The summed E-state index contributed by atoms with van der Waals surface area (Å²) < 4.78 is 11.4. The minimum absolute atomic E-state index is 0.153. The zero-order chi connectivity index (χ0) is 9.95. The number of alkyl halides is 1. The molecule has 1 saturated heterocycles. The fraction of sp³-hybridized carbons (Fsp3) is 1.00. The van der Waals surface area contributed by atoms with Crippen LogP contribution in [0.2, 0.25) is 0 Å². The maximum absolute atomic E-state index is 5.70. The molecule has 0 aromatic heterocycles. The van der Waals surface area contributed by atoms with Gasteiger partial charge in [-0.25, -0.2) is 0 Å². The first-order chi connectivity index (χ1) is 5.97. The van der Waals surface area contributed by atoms with Gasteiger partial charge in [-0.15, -0.1) is 11.6 Å². The monoisotopic (exact) mass is 206 g/mol. The lowest BCUT2D eigenvalue weighted by Crippen LogP contribution is -2.45. The van der Waals surface area contributed by atoms with E-state index in [1.54, 1.807) is 0 Å². The molecule has 78 valence electrons. The molecule has 0 atom stereocenters. The van der Waals surface area contributed by atoms with E-state index in [1.165, 1.54) is 0 Å². The predicted molar refractivity (Wildman–Crippen MR) is 54.0 cm³/mol. The molecular weight excluding hydrogens is 188 g/mol. The average Bonchev–Trinajstić information content (AvgIpc) is 2.08. The summed E-state index contributed by atoms with van der Waals surface area (Å²) in [5.74, 6) is 0.274. The molecule has 3 heteroatoms. The summed E-state index contributed by atoms with van der Waals surface area (Å²) in [6, 6.07) is 0. The minimum atomic E-state index is -0.398. The molecule has 1 aliphatic rings. The van der Waals surface area contributed by atoms with Gasteiger partial charge in [-0.1, -0.05) is 13.8 Å². The van der Waals surface area contributed by atoms with Crippen molar-refractivity contribution in [3.05, 3.63) is 0 Å². The Labute approximate surface area is 85.5 Å². The van der Waals surface area contributed by atoms with Crippen LogP contribution >= 0.6 is 11.6 Å². The van der Waals surface area contributed by atoms with Crippen LogP contribution in [0, 0.1) is 5.41 Å². The van der Waals surface area contributed by atoms with E-state index in [1.807, 2.05) is 6.92 Å². The summed E-state index contributed by atoms with van der Waals surface area (Å²) in [7, 11) is 0. The van der Waals surface area contributed by atoms with Gasteiger partial charge in [0.1, 0.15) is 0 Å². The van der Waals surface area contributed by atoms with Crippen LogP contribution < -0.4 is 0 Å². The standard InChI is InChI=1S/C10H19ClO2/c1-9(2)7-12-10(3,13-8-9)5-4-6-11/h4-8H2,1-3H3. The normalized spacial score (nSPS) is 25.8. The zero-order valence-electron chi connectivity index (χ0n) is 8.73. The van der Waals surface area contributed by atoms with Crippen LogP contribution in [0.4, 0.5) is 0 Å². The van der Waals surface area contributed by atoms with Gasteiger partial charge in [0, 0.05) is 17.7 Å². The zero-order valence-corrected chi connectivity index (χ0v) is 9.49. The second kappa shape index (κ2) is 4.16. The third-order valence-electron chi connectivity index (χ3n) is 2.30. The highest BCUT2D eigenvalue weighted by Gasteiger charge is 2.36. The third-order valence-corrected chi connectivity index (χ3v) is 2.57. The van der Waals surface area contributed by atoms with E-state index in [0.29, 0.717) is 5.88 Å². The molecular formula is C10H19ClO2. The highest BCUT2D eigenvalue weighted by molar-refractivity contribution is 6.17. The van der Waals surface area contributed by atoms with Gasteiger partial charge in [-0.05, 0) is 13.3 Å². The maximum atomic E-state index is 5.70. The predicted octanol–water partition coefficient (Wildman–Crippen LogP) is 2.79. The molecule has 0 bridgehead atoms. The average molecular weight is 207 g/mol. The second-order valence-electron chi connectivity index (χ2n) is 4.67. The van der Waals surface area contributed by atoms with E-state index in [9.17, 15) is 0 Å². The van der Waals surface area contributed by atoms with E-state index in [2.05, 4.69) is 13.8 Å². The van der Waals surface area contributed by atoms with Crippen LogP contribution in [0.3, 0.4) is 0 Å². The fourth-order valence-electron chi connectivity index (χ4n) is 1.31. The molecule has 1 fully saturated rings. The van der Waals surface area contributed by atoms with Crippen LogP contribution in [0.1, 0.15) is 33.6 Å². The Morgan fingerprint density at radius 3 is 2.15 bits per heavy atom. The van der Waals surface area contributed by atoms with Crippen molar-refractivity contribution in [1.29, 1.82) is 0 Å². The van der Waals surface area contributed by atoms with E-state index >= 15 is 0 Å². The molecule has 0 saturated carbocycles. The van der Waals surface area contributed by atoms with Crippen molar-refractivity contribution >= 4 is 11.6 Å². The Morgan fingerprint density at radius 1 is 1.15 bits per heavy atom. The smallest absolute Gasteiger partial charge is 0.165 e. The van der Waals surface area contributed by atoms with Gasteiger partial charge >= 0.3 is 0 Å². The number of hydrogen-bond acceptors (Lipinski definition) is 2. The molecule has 0 aliphatic carbocycles. The largest absolute Gasteiger partial charge is 0.350 e. The molecule has 1 aliphatic heterocycles. The Morgan fingerprint density at radius 2 is 1.69 bits per heavy atom. The first kappa shape index (κ1) is 11.3. The Hall–Kier alpha value is 0.210. The number of rotatable bonds is 3. The van der Waals surface area contributed by atoms with Crippen molar-refractivity contribution in [2.45, 2.75) is 39.4 Å². The molecule has 2 nitrogen and oxygen atoms in total. The Balaban J connectivity index is 2.37. The van der Waals surface area contributed by atoms with Gasteiger partial charge < -0.3 is 9.47 Å². The number of hydrogen-bond donors (Lipinski definition) is 0. The molecule has 0 unspecified atom stereocenters. The van der Waals surface area contributed by atoms with Crippen LogP contribution in [-0.2, 0) is 9.47 Å². The van der Waals surface area contributed by atoms with Crippen LogP contribution in [0.5, 0.6) is 0 Å². The van der Waals surface area contributed by atoms with Gasteiger partial charge in [-0.3, -0.25) is 0 Å². The van der Waals surface area contributed by atoms with Crippen molar-refractivity contribution in [1.82, 2.24) is 0 Å². The molecule has 1 heterocycles. The van der Waals surface area contributed by atoms with E-state index in [4.69, 9.17) is 21.1 Å². The fourth-order valence-corrected chi connectivity index (χ4v) is 1.45. The lowest BCUT2D eigenvalue weighted by molar-refractivity contribution is -0.291. The first-order valence-electron chi connectivity index (χ1n) is 4.81. The van der Waals surface area contributed by atoms with Gasteiger partial charge in [0.25, 0.3) is 0 Å². The Bertz CT molecular complexity index is 158. The van der Waals surface area contributed by atoms with Gasteiger partial charge in [0.2, 0.25) is 0 Å². The molecule has 0 aromatic rings. The summed E-state index contributed by atoms with van der Waals surface area (Å²) >= 11 is 5.63. The molecule has 0 amide bonds. The van der Waals surface area contributed by atoms with Gasteiger partial charge in [-0.2, -0.15) is 0 Å². The third kappa shape index (κ3) is 3.45. The molecule has 0 spiro atoms. The minimum Gasteiger partial charge on any atom is -0.350 e.